The summed E-state index contributed by atoms with van der Waals surface area (Å²) in [6.07, 6.45) is 3.40. The molecule has 0 saturated carbocycles. The SMILES string of the molecule is Nc1ccc[n+](CC2=C(C(=O)[O-])N3C(=O)C(NC(=O)/C(=N\OCc4csc(N)n4)c4csc(N)n4)[C@@H]3SC2)c1. The molecule has 0 spiro atoms. The number of aromatic nitrogens is 3. The molecule has 17 heteroatoms. The molecule has 0 aromatic carbocycles. The van der Waals surface area contributed by atoms with Crippen LogP contribution in [0, 0.1) is 0 Å². The van der Waals surface area contributed by atoms with Gasteiger partial charge < -0.3 is 37.3 Å². The minimum Gasteiger partial charge on any atom is -0.543 e. The van der Waals surface area contributed by atoms with E-state index < -0.39 is 29.2 Å². The molecule has 1 fully saturated rings. The number of thioether (sulfide) groups is 1. The first-order valence-electron chi connectivity index (χ1n) is 11.3. The van der Waals surface area contributed by atoms with E-state index in [-0.39, 0.29) is 35.4 Å². The molecule has 2 amide bonds. The number of hydrogen-bond acceptors (Lipinski definition) is 14. The molecule has 1 unspecified atom stereocenters. The van der Waals surface area contributed by atoms with E-state index in [0.717, 1.165) is 16.2 Å². The lowest BCUT2D eigenvalue weighted by Crippen LogP contribution is -2.71. The van der Waals surface area contributed by atoms with Crippen LogP contribution in [0.4, 0.5) is 16.0 Å². The Morgan fingerprint density at radius 2 is 2.00 bits per heavy atom. The van der Waals surface area contributed by atoms with Crippen molar-refractivity contribution >= 4 is 73.9 Å². The largest absolute Gasteiger partial charge is 0.543 e. The van der Waals surface area contributed by atoms with Crippen molar-refractivity contribution in [1.29, 1.82) is 0 Å². The van der Waals surface area contributed by atoms with Crippen molar-refractivity contribution in [2.75, 3.05) is 23.0 Å². The Kier molecular flexibility index (Phi) is 7.36. The molecule has 0 aliphatic carbocycles. The van der Waals surface area contributed by atoms with Gasteiger partial charge in [0.25, 0.3) is 11.8 Å². The molecule has 3 aromatic heterocycles. The number of pyridine rings is 1. The third-order valence-electron chi connectivity index (χ3n) is 5.70. The van der Waals surface area contributed by atoms with Gasteiger partial charge in [0.1, 0.15) is 17.1 Å². The van der Waals surface area contributed by atoms with Crippen LogP contribution in [-0.2, 0) is 32.4 Å². The molecule has 14 nitrogen and oxygen atoms in total. The lowest BCUT2D eigenvalue weighted by atomic mass is 10.0. The van der Waals surface area contributed by atoms with Gasteiger partial charge in [0.15, 0.2) is 41.5 Å². The fourth-order valence-electron chi connectivity index (χ4n) is 4.02. The Balaban J connectivity index is 1.32. The van der Waals surface area contributed by atoms with Crippen molar-refractivity contribution in [3.63, 3.8) is 0 Å². The quantitative estimate of drug-likeness (QED) is 0.0993. The monoisotopic (exact) mass is 587 g/mol. The molecule has 2 aliphatic heterocycles. The number of carboxylic acids is 1. The van der Waals surface area contributed by atoms with Gasteiger partial charge in [-0.25, -0.2) is 9.97 Å². The van der Waals surface area contributed by atoms with E-state index in [0.29, 0.717) is 27.8 Å². The number of nitrogens with two attached hydrogens (primary N) is 3. The molecule has 2 atom stereocenters. The predicted molar refractivity (Wildman–Crippen MR) is 142 cm³/mol. The molecule has 0 bridgehead atoms. The van der Waals surface area contributed by atoms with Gasteiger partial charge in [0.2, 0.25) is 0 Å². The number of aliphatic carboxylic acids is 1. The fraction of sp³-hybridized carbons (Fsp3) is 0.227. The maximum atomic E-state index is 13.2. The van der Waals surface area contributed by atoms with Crippen LogP contribution in [0.1, 0.15) is 11.4 Å². The van der Waals surface area contributed by atoms with E-state index in [9.17, 15) is 19.5 Å². The van der Waals surface area contributed by atoms with Crippen LogP contribution < -0.4 is 32.2 Å². The number of β-lactam (4-membered cyclic amide) rings is 1. The van der Waals surface area contributed by atoms with Crippen molar-refractivity contribution < 1.29 is 28.9 Å². The normalized spacial score (nSPS) is 18.9. The number of carbonyl (C=O) groups is 3. The second-order valence-corrected chi connectivity index (χ2v) is 11.3. The summed E-state index contributed by atoms with van der Waals surface area (Å²) in [6, 6.07) is 2.44. The Morgan fingerprint density at radius 3 is 2.67 bits per heavy atom. The minimum atomic E-state index is -1.48. The zero-order chi connectivity index (χ0) is 27.7. The molecule has 5 rings (SSSR count). The smallest absolute Gasteiger partial charge is 0.276 e. The molecule has 39 heavy (non-hydrogen) atoms. The summed E-state index contributed by atoms with van der Waals surface area (Å²) in [7, 11) is 0. The summed E-state index contributed by atoms with van der Waals surface area (Å²) in [5.74, 6) is -2.51. The van der Waals surface area contributed by atoms with E-state index in [4.69, 9.17) is 22.0 Å². The summed E-state index contributed by atoms with van der Waals surface area (Å²) in [6.45, 7) is 0.158. The second-order valence-electron chi connectivity index (χ2n) is 8.37. The number of thiazole rings is 2. The van der Waals surface area contributed by atoms with Crippen LogP contribution in [0.25, 0.3) is 0 Å². The van der Waals surface area contributed by atoms with E-state index in [2.05, 4.69) is 20.4 Å². The lowest BCUT2D eigenvalue weighted by Gasteiger charge is -2.50. The Labute approximate surface area is 233 Å². The zero-order valence-corrected chi connectivity index (χ0v) is 22.4. The fourth-order valence-corrected chi connectivity index (χ4v) is 6.45. The number of oxime groups is 1. The maximum Gasteiger partial charge on any atom is 0.276 e. The highest BCUT2D eigenvalue weighted by molar-refractivity contribution is 8.00. The molecular formula is C22H21N9O5S3. The van der Waals surface area contributed by atoms with Crippen molar-refractivity contribution in [2.45, 2.75) is 24.6 Å². The topological polar surface area (TPSA) is 219 Å². The summed E-state index contributed by atoms with van der Waals surface area (Å²) in [5.41, 5.74) is 18.4. The van der Waals surface area contributed by atoms with Gasteiger partial charge >= 0.3 is 0 Å². The number of rotatable bonds is 9. The van der Waals surface area contributed by atoms with Gasteiger partial charge in [-0.3, -0.25) is 14.5 Å². The highest BCUT2D eigenvalue weighted by atomic mass is 32.2. The number of nitrogens with one attached hydrogen (secondary N) is 1. The van der Waals surface area contributed by atoms with Crippen molar-refractivity contribution in [3.8, 4) is 0 Å². The zero-order valence-electron chi connectivity index (χ0n) is 20.0. The van der Waals surface area contributed by atoms with Crippen molar-refractivity contribution in [1.82, 2.24) is 20.2 Å². The van der Waals surface area contributed by atoms with Crippen LogP contribution in [0.3, 0.4) is 0 Å². The summed E-state index contributed by atoms with van der Waals surface area (Å²) >= 11 is 3.66. The highest BCUT2D eigenvalue weighted by Gasteiger charge is 2.53. The van der Waals surface area contributed by atoms with Crippen LogP contribution in [0.2, 0.25) is 0 Å². The van der Waals surface area contributed by atoms with Gasteiger partial charge in [-0.2, -0.15) is 4.57 Å². The molecule has 5 heterocycles. The third-order valence-corrected chi connectivity index (χ3v) is 8.44. The van der Waals surface area contributed by atoms with Gasteiger partial charge in [0, 0.05) is 28.2 Å². The van der Waals surface area contributed by atoms with Gasteiger partial charge in [-0.05, 0) is 6.07 Å². The van der Waals surface area contributed by atoms with E-state index >= 15 is 0 Å². The first-order valence-corrected chi connectivity index (χ1v) is 14.1. The highest BCUT2D eigenvalue weighted by Crippen LogP contribution is 2.40. The molecule has 2 aliphatic rings. The van der Waals surface area contributed by atoms with Crippen LogP contribution >= 0.6 is 34.4 Å². The summed E-state index contributed by atoms with van der Waals surface area (Å²) in [5, 5.41) is 21.7. The third kappa shape index (κ3) is 5.50. The first kappa shape index (κ1) is 26.4. The molecule has 7 N–H and O–H groups in total. The van der Waals surface area contributed by atoms with Crippen LogP contribution in [-0.4, -0.2) is 55.5 Å². The van der Waals surface area contributed by atoms with Gasteiger partial charge in [-0.15, -0.1) is 34.4 Å². The van der Waals surface area contributed by atoms with Crippen LogP contribution in [0.15, 0.2) is 51.7 Å². The Bertz CT molecular complexity index is 1520. The van der Waals surface area contributed by atoms with E-state index in [1.165, 1.54) is 28.5 Å². The molecular weight excluding hydrogens is 567 g/mol. The Morgan fingerprint density at radius 1 is 1.23 bits per heavy atom. The average molecular weight is 588 g/mol. The molecule has 202 valence electrons. The lowest BCUT2D eigenvalue weighted by molar-refractivity contribution is -0.688. The van der Waals surface area contributed by atoms with E-state index in [1.54, 1.807) is 34.5 Å². The number of fused-ring (bicyclic) bond motifs is 1. The molecule has 0 radical (unpaired) electrons. The number of nitrogens with zero attached hydrogens (tertiary/aromatic N) is 5. The molecule has 3 aromatic rings. The number of amides is 2. The molecule has 1 saturated heterocycles. The maximum absolute atomic E-state index is 13.2. The Hall–Kier alpha value is -4.22. The standard InChI is InChI=1S/C22H21N9O5S3/c23-11-2-1-3-30(5-11)4-10-7-37-19-15(18(33)31(19)16(10)20(34)35)28-17(32)14(13-9-39-22(25)27-13)29-36-6-12-8-38-21(24)26-12/h1-3,5,8-9,15,19H,4,6-7,23H2,(H5-,24,25,26,27,28,32,34,35)/b29-14-/t15?,19-/m0/s1. The van der Waals surface area contributed by atoms with E-state index in [1.807, 2.05) is 0 Å². The number of anilines is 3. The number of hydrogen-bond donors (Lipinski definition) is 4. The number of carbonyl (C=O) groups excluding carboxylic acids is 3. The average Bonchev–Trinajstić information content (AvgIpc) is 3.52. The summed E-state index contributed by atoms with van der Waals surface area (Å²) < 4.78 is 1.72. The predicted octanol–water partition coefficient (Wildman–Crippen LogP) is -1.34. The summed E-state index contributed by atoms with van der Waals surface area (Å²) in [4.78, 5) is 53.0. The van der Waals surface area contributed by atoms with Crippen LogP contribution in [0.5, 0.6) is 0 Å². The van der Waals surface area contributed by atoms with Crippen molar-refractivity contribution in [2.24, 2.45) is 5.16 Å². The van der Waals surface area contributed by atoms with Gasteiger partial charge in [0.05, 0.1) is 23.0 Å². The number of nitrogen functional groups attached to an aromatic ring is 3. The minimum absolute atomic E-state index is 0.0493. The second kappa shape index (κ2) is 10.9. The van der Waals surface area contributed by atoms with Gasteiger partial charge in [-0.1, -0.05) is 5.16 Å². The number of carboxylic acid groups (broad SMARTS) is 1. The first-order chi connectivity index (χ1) is 18.7. The van der Waals surface area contributed by atoms with Crippen molar-refractivity contribution in [3.05, 3.63) is 57.9 Å².